The van der Waals surface area contributed by atoms with Crippen molar-refractivity contribution in [3.63, 3.8) is 0 Å². The molecular weight excluding hydrogens is 292 g/mol. The van der Waals surface area contributed by atoms with Gasteiger partial charge in [0, 0.05) is 29.7 Å². The van der Waals surface area contributed by atoms with E-state index < -0.39 is 0 Å². The minimum Gasteiger partial charge on any atom is -0.343 e. The average molecular weight is 318 g/mol. The van der Waals surface area contributed by atoms with Crippen LogP contribution < -0.4 is 5.73 Å². The third-order valence-corrected chi connectivity index (χ3v) is 5.45. The van der Waals surface area contributed by atoms with Crippen molar-refractivity contribution < 1.29 is 0 Å². The van der Waals surface area contributed by atoms with E-state index in [1.807, 2.05) is 0 Å². The highest BCUT2D eigenvalue weighted by Gasteiger charge is 2.23. The number of fused-ring (bicyclic) bond motifs is 1. The summed E-state index contributed by atoms with van der Waals surface area (Å²) in [6, 6.07) is 18.1. The van der Waals surface area contributed by atoms with E-state index in [0.717, 1.165) is 13.0 Å². The van der Waals surface area contributed by atoms with Gasteiger partial charge in [0.1, 0.15) is 0 Å². The molecule has 1 aliphatic carbocycles. The molecule has 0 amide bonds. The summed E-state index contributed by atoms with van der Waals surface area (Å²) < 4.78 is 2.41. The highest BCUT2D eigenvalue weighted by Crippen LogP contribution is 2.37. The van der Waals surface area contributed by atoms with Crippen LogP contribution in [-0.4, -0.2) is 10.6 Å². The molecule has 0 aliphatic heterocycles. The van der Waals surface area contributed by atoms with Gasteiger partial charge in [-0.3, -0.25) is 0 Å². The van der Waals surface area contributed by atoms with Crippen molar-refractivity contribution in [2.75, 3.05) is 0 Å². The fourth-order valence-corrected chi connectivity index (χ4v) is 4.13. The maximum Gasteiger partial charge on any atom is 0.0486 e. The second-order valence-electron chi connectivity index (χ2n) is 7.34. The lowest BCUT2D eigenvalue weighted by Gasteiger charge is -2.26. The lowest BCUT2D eigenvalue weighted by Crippen LogP contribution is -2.26. The summed E-state index contributed by atoms with van der Waals surface area (Å²) in [6.07, 6.45) is 7.21. The van der Waals surface area contributed by atoms with Gasteiger partial charge < -0.3 is 10.3 Å². The summed E-state index contributed by atoms with van der Waals surface area (Å²) >= 11 is 0. The molecule has 24 heavy (non-hydrogen) atoms. The van der Waals surface area contributed by atoms with Crippen LogP contribution >= 0.6 is 0 Å². The molecule has 3 aromatic rings. The number of para-hydroxylation sites is 1. The quantitative estimate of drug-likeness (QED) is 0.725. The fourth-order valence-electron chi connectivity index (χ4n) is 4.13. The molecule has 1 fully saturated rings. The zero-order valence-corrected chi connectivity index (χ0v) is 14.4. The standard InChI is InChI=1S/C22H26N2/c1-16-9-11-17(12-10-16)14-24-15-21(18-5-4-6-19(23)13-18)20-7-2-3-8-22(20)24/h2-3,7-12,15,18-19H,4-6,13-14,23H2,1H3. The van der Waals surface area contributed by atoms with Crippen molar-refractivity contribution in [2.24, 2.45) is 5.73 Å². The Hall–Kier alpha value is -2.06. The van der Waals surface area contributed by atoms with Gasteiger partial charge in [-0.2, -0.15) is 0 Å². The third kappa shape index (κ3) is 2.99. The fraction of sp³-hybridized carbons (Fsp3) is 0.364. The summed E-state index contributed by atoms with van der Waals surface area (Å²) in [5.74, 6) is 0.609. The molecule has 4 rings (SSSR count). The number of nitrogens with zero attached hydrogens (tertiary/aromatic N) is 1. The van der Waals surface area contributed by atoms with Crippen LogP contribution in [0.15, 0.2) is 54.7 Å². The van der Waals surface area contributed by atoms with E-state index in [2.05, 4.69) is 66.2 Å². The molecule has 1 aromatic heterocycles. The van der Waals surface area contributed by atoms with E-state index in [9.17, 15) is 0 Å². The van der Waals surface area contributed by atoms with Crippen LogP contribution in [0.1, 0.15) is 48.3 Å². The van der Waals surface area contributed by atoms with Crippen molar-refractivity contribution in [1.82, 2.24) is 4.57 Å². The predicted octanol–water partition coefficient (Wildman–Crippen LogP) is 4.98. The molecule has 2 atom stereocenters. The lowest BCUT2D eigenvalue weighted by atomic mass is 9.81. The Kier molecular flexibility index (Phi) is 4.15. The first-order valence-corrected chi connectivity index (χ1v) is 9.09. The first-order chi connectivity index (χ1) is 11.7. The minimum atomic E-state index is 0.364. The van der Waals surface area contributed by atoms with Gasteiger partial charge in [0.05, 0.1) is 0 Å². The summed E-state index contributed by atoms with van der Waals surface area (Å²) in [7, 11) is 0. The van der Waals surface area contributed by atoms with Gasteiger partial charge in [-0.05, 0) is 49.3 Å². The van der Waals surface area contributed by atoms with Gasteiger partial charge in [-0.25, -0.2) is 0 Å². The SMILES string of the molecule is Cc1ccc(Cn2cc(C3CCCC(N)C3)c3ccccc32)cc1. The first-order valence-electron chi connectivity index (χ1n) is 9.09. The van der Waals surface area contributed by atoms with Crippen LogP contribution in [-0.2, 0) is 6.54 Å². The first kappa shape index (κ1) is 15.5. The molecule has 0 spiro atoms. The average Bonchev–Trinajstić information content (AvgIpc) is 2.96. The van der Waals surface area contributed by atoms with Crippen molar-refractivity contribution in [3.05, 3.63) is 71.4 Å². The van der Waals surface area contributed by atoms with E-state index in [0.29, 0.717) is 12.0 Å². The van der Waals surface area contributed by atoms with Gasteiger partial charge in [-0.1, -0.05) is 54.4 Å². The molecule has 1 aliphatic rings. The van der Waals surface area contributed by atoms with Crippen LogP contribution in [0, 0.1) is 6.92 Å². The highest BCUT2D eigenvalue weighted by atomic mass is 15.0. The zero-order valence-electron chi connectivity index (χ0n) is 14.4. The Morgan fingerprint density at radius 1 is 1.04 bits per heavy atom. The number of hydrogen-bond donors (Lipinski definition) is 1. The lowest BCUT2D eigenvalue weighted by molar-refractivity contribution is 0.394. The number of aromatic nitrogens is 1. The number of nitrogens with two attached hydrogens (primary N) is 1. The number of hydrogen-bond acceptors (Lipinski definition) is 1. The summed E-state index contributed by atoms with van der Waals surface area (Å²) in [5, 5.41) is 1.41. The Labute approximate surface area is 144 Å². The second kappa shape index (κ2) is 6.45. The van der Waals surface area contributed by atoms with Gasteiger partial charge >= 0.3 is 0 Å². The Balaban J connectivity index is 1.72. The smallest absolute Gasteiger partial charge is 0.0486 e. The van der Waals surface area contributed by atoms with E-state index in [1.165, 1.54) is 46.9 Å². The van der Waals surface area contributed by atoms with Crippen molar-refractivity contribution >= 4 is 10.9 Å². The summed E-state index contributed by atoms with van der Waals surface area (Å²) in [5.41, 5.74) is 11.7. The molecule has 2 heteroatoms. The number of benzene rings is 2. The third-order valence-electron chi connectivity index (χ3n) is 5.45. The maximum absolute atomic E-state index is 6.24. The molecule has 2 aromatic carbocycles. The predicted molar refractivity (Wildman–Crippen MR) is 101 cm³/mol. The van der Waals surface area contributed by atoms with E-state index in [-0.39, 0.29) is 0 Å². The van der Waals surface area contributed by atoms with Gasteiger partial charge in [0.25, 0.3) is 0 Å². The monoisotopic (exact) mass is 318 g/mol. The second-order valence-corrected chi connectivity index (χ2v) is 7.34. The van der Waals surface area contributed by atoms with Crippen molar-refractivity contribution in [1.29, 1.82) is 0 Å². The Morgan fingerprint density at radius 3 is 2.62 bits per heavy atom. The van der Waals surface area contributed by atoms with Gasteiger partial charge in [-0.15, -0.1) is 0 Å². The largest absolute Gasteiger partial charge is 0.343 e. The Bertz CT molecular complexity index is 829. The highest BCUT2D eigenvalue weighted by molar-refractivity contribution is 5.84. The molecule has 0 saturated heterocycles. The van der Waals surface area contributed by atoms with Crippen LogP contribution in [0.4, 0.5) is 0 Å². The van der Waals surface area contributed by atoms with Gasteiger partial charge in [0.15, 0.2) is 0 Å². The van der Waals surface area contributed by atoms with Crippen LogP contribution in [0.25, 0.3) is 10.9 Å². The number of aryl methyl sites for hydroxylation is 1. The topological polar surface area (TPSA) is 30.9 Å². The molecule has 0 radical (unpaired) electrons. The molecular formula is C22H26N2. The van der Waals surface area contributed by atoms with Gasteiger partial charge in [0.2, 0.25) is 0 Å². The molecule has 0 bridgehead atoms. The minimum absolute atomic E-state index is 0.364. The van der Waals surface area contributed by atoms with Crippen molar-refractivity contribution in [3.8, 4) is 0 Å². The molecule has 1 heterocycles. The van der Waals surface area contributed by atoms with Crippen LogP contribution in [0.3, 0.4) is 0 Å². The van der Waals surface area contributed by atoms with E-state index in [1.54, 1.807) is 0 Å². The summed E-state index contributed by atoms with van der Waals surface area (Å²) in [6.45, 7) is 3.07. The maximum atomic E-state index is 6.24. The molecule has 2 nitrogen and oxygen atoms in total. The molecule has 124 valence electrons. The number of rotatable bonds is 3. The van der Waals surface area contributed by atoms with Crippen LogP contribution in [0.5, 0.6) is 0 Å². The van der Waals surface area contributed by atoms with E-state index in [4.69, 9.17) is 5.73 Å². The normalized spacial score (nSPS) is 21.2. The van der Waals surface area contributed by atoms with Crippen LogP contribution in [0.2, 0.25) is 0 Å². The molecule has 1 saturated carbocycles. The van der Waals surface area contributed by atoms with Crippen molar-refractivity contribution in [2.45, 2.75) is 51.1 Å². The van der Waals surface area contributed by atoms with E-state index >= 15 is 0 Å². The Morgan fingerprint density at radius 2 is 1.83 bits per heavy atom. The summed E-state index contributed by atoms with van der Waals surface area (Å²) in [4.78, 5) is 0. The molecule has 2 unspecified atom stereocenters. The molecule has 2 N–H and O–H groups in total. The zero-order chi connectivity index (χ0) is 16.5.